The summed E-state index contributed by atoms with van der Waals surface area (Å²) in [6.07, 6.45) is 12.4. The third kappa shape index (κ3) is 8.36. The molecule has 0 aromatic heterocycles. The summed E-state index contributed by atoms with van der Waals surface area (Å²) in [4.78, 5) is 0. The fourth-order valence-electron chi connectivity index (χ4n) is 6.08. The predicted molar refractivity (Wildman–Crippen MR) is 192 cm³/mol. The lowest BCUT2D eigenvalue weighted by Gasteiger charge is -2.18. The molecule has 0 aliphatic carbocycles. The van der Waals surface area contributed by atoms with Gasteiger partial charge in [0.1, 0.15) is 0 Å². The van der Waals surface area contributed by atoms with Crippen LogP contribution in [0.3, 0.4) is 0 Å². The summed E-state index contributed by atoms with van der Waals surface area (Å²) in [7, 11) is 0. The Bertz CT molecular complexity index is 1550. The molecule has 0 aliphatic rings. The fraction of sp³-hybridized carbons (Fsp3) is 0.286. The first-order chi connectivity index (χ1) is 21.2. The van der Waals surface area contributed by atoms with Crippen LogP contribution in [0.15, 0.2) is 120 Å². The number of rotatable bonds is 14. The molecule has 0 amide bonds. The molecule has 0 nitrogen and oxygen atoms in total. The molecule has 0 N–H and O–H groups in total. The average molecular weight is 630 g/mol. The van der Waals surface area contributed by atoms with Crippen LogP contribution in [0.25, 0.3) is 44.5 Å². The molecule has 0 saturated carbocycles. The third-order valence-corrected chi connectivity index (χ3v) is 9.13. The van der Waals surface area contributed by atoms with Gasteiger partial charge >= 0.3 is 0 Å². The first kappa shape index (κ1) is 31.0. The van der Waals surface area contributed by atoms with Crippen LogP contribution in [0.4, 0.5) is 0 Å². The number of aryl methyl sites for hydroxylation is 2. The van der Waals surface area contributed by atoms with Crippen LogP contribution in [0, 0.1) is 0 Å². The van der Waals surface area contributed by atoms with E-state index < -0.39 is 0 Å². The van der Waals surface area contributed by atoms with Crippen LogP contribution in [0.1, 0.15) is 76.3 Å². The lowest BCUT2D eigenvalue weighted by molar-refractivity contribution is 0.664. The molecule has 220 valence electrons. The van der Waals surface area contributed by atoms with Crippen LogP contribution >= 0.6 is 15.9 Å². The number of hydrogen-bond acceptors (Lipinski definition) is 0. The summed E-state index contributed by atoms with van der Waals surface area (Å²) in [5.41, 5.74) is 13.5. The number of benzene rings is 5. The van der Waals surface area contributed by atoms with Crippen molar-refractivity contribution in [2.45, 2.75) is 78.1 Å². The molecule has 0 atom stereocenters. The van der Waals surface area contributed by atoms with Crippen molar-refractivity contribution in [2.24, 2.45) is 0 Å². The van der Waals surface area contributed by atoms with E-state index >= 15 is 0 Å². The van der Waals surface area contributed by atoms with Crippen molar-refractivity contribution in [2.75, 3.05) is 0 Å². The monoisotopic (exact) mass is 628 g/mol. The van der Waals surface area contributed by atoms with Crippen LogP contribution in [0.2, 0.25) is 0 Å². The Labute approximate surface area is 268 Å². The zero-order valence-electron chi connectivity index (χ0n) is 25.9. The Morgan fingerprint density at radius 1 is 0.395 bits per heavy atom. The van der Waals surface area contributed by atoms with Gasteiger partial charge in [-0.3, -0.25) is 0 Å². The van der Waals surface area contributed by atoms with Gasteiger partial charge < -0.3 is 0 Å². The molecule has 0 saturated heterocycles. The Kier molecular flexibility index (Phi) is 11.5. The number of unbranched alkanes of at least 4 members (excludes halogenated alkanes) is 6. The lowest BCUT2D eigenvalue weighted by Crippen LogP contribution is -1.99. The van der Waals surface area contributed by atoms with Crippen molar-refractivity contribution < 1.29 is 0 Å². The van der Waals surface area contributed by atoms with Crippen molar-refractivity contribution in [1.29, 1.82) is 0 Å². The molecule has 5 rings (SSSR count). The highest BCUT2D eigenvalue weighted by atomic mass is 79.9. The Hall–Kier alpha value is -3.42. The van der Waals surface area contributed by atoms with Gasteiger partial charge in [0.25, 0.3) is 0 Å². The van der Waals surface area contributed by atoms with Crippen LogP contribution in [0.5, 0.6) is 0 Å². The third-order valence-electron chi connectivity index (χ3n) is 8.60. The molecule has 0 unspecified atom stereocenters. The van der Waals surface area contributed by atoms with E-state index in [4.69, 9.17) is 0 Å². The van der Waals surface area contributed by atoms with Gasteiger partial charge in [-0.1, -0.05) is 171 Å². The smallest absolute Gasteiger partial charge is 0.0175 e. The molecule has 5 aromatic rings. The van der Waals surface area contributed by atoms with Gasteiger partial charge in [-0.2, -0.15) is 0 Å². The molecule has 0 heterocycles. The van der Waals surface area contributed by atoms with E-state index in [1.165, 1.54) is 107 Å². The molecule has 0 radical (unpaired) electrons. The SMILES string of the molecule is CCCCCCc1cc(-c2ccc(-c3ccc(Br)cc3)cc2)c(CCCCCC)cc1-c1ccc(-c2ccccc2)cc1. The maximum atomic E-state index is 3.57. The number of hydrogen-bond donors (Lipinski definition) is 0. The molecular weight excluding hydrogens is 584 g/mol. The van der Waals surface area contributed by atoms with Gasteiger partial charge in [0.15, 0.2) is 0 Å². The van der Waals surface area contributed by atoms with Gasteiger partial charge in [0.05, 0.1) is 0 Å². The fourth-order valence-corrected chi connectivity index (χ4v) is 6.35. The second-order valence-corrected chi connectivity index (χ2v) is 12.7. The summed E-state index contributed by atoms with van der Waals surface area (Å²) in [5.74, 6) is 0. The predicted octanol–water partition coefficient (Wildman–Crippen LogP) is 13.4. The first-order valence-corrected chi connectivity index (χ1v) is 17.1. The number of halogens is 1. The molecule has 0 bridgehead atoms. The Morgan fingerprint density at radius 3 is 1.19 bits per heavy atom. The normalized spacial score (nSPS) is 11.1. The minimum absolute atomic E-state index is 1.11. The zero-order valence-corrected chi connectivity index (χ0v) is 27.5. The highest BCUT2D eigenvalue weighted by molar-refractivity contribution is 9.10. The van der Waals surface area contributed by atoms with Gasteiger partial charge in [-0.15, -0.1) is 0 Å². The Balaban J connectivity index is 1.53. The maximum absolute atomic E-state index is 3.57. The average Bonchev–Trinajstić information content (AvgIpc) is 3.06. The van der Waals surface area contributed by atoms with E-state index in [9.17, 15) is 0 Å². The van der Waals surface area contributed by atoms with Gasteiger partial charge in [0.2, 0.25) is 0 Å². The summed E-state index contributed by atoms with van der Waals surface area (Å²) < 4.78 is 1.11. The Morgan fingerprint density at radius 2 is 0.767 bits per heavy atom. The van der Waals surface area contributed by atoms with Crippen molar-refractivity contribution in [3.63, 3.8) is 0 Å². The summed E-state index contributed by atoms with van der Waals surface area (Å²) >= 11 is 3.57. The largest absolute Gasteiger partial charge is 0.0654 e. The van der Waals surface area contributed by atoms with Gasteiger partial charge in [-0.05, 0) is 93.5 Å². The van der Waals surface area contributed by atoms with Crippen molar-refractivity contribution in [3.8, 4) is 44.5 Å². The summed E-state index contributed by atoms with van der Waals surface area (Å²) in [6.45, 7) is 4.59. The zero-order chi connectivity index (χ0) is 29.9. The maximum Gasteiger partial charge on any atom is 0.0175 e. The molecule has 0 spiro atoms. The molecular formula is C42H45Br. The first-order valence-electron chi connectivity index (χ1n) is 16.3. The van der Waals surface area contributed by atoms with Crippen LogP contribution in [-0.4, -0.2) is 0 Å². The molecule has 5 aromatic carbocycles. The van der Waals surface area contributed by atoms with Crippen LogP contribution in [-0.2, 0) is 12.8 Å². The molecule has 0 fully saturated rings. The quantitative estimate of drug-likeness (QED) is 0.107. The second kappa shape index (κ2) is 15.9. The second-order valence-electron chi connectivity index (χ2n) is 11.8. The van der Waals surface area contributed by atoms with E-state index in [1.807, 2.05) is 0 Å². The van der Waals surface area contributed by atoms with E-state index in [0.717, 1.165) is 17.3 Å². The standard InChI is InChI=1S/C42H45Br/c1-3-5-7-10-16-38-31-42(37-24-20-34(21-25-37)35-26-28-40(43)29-27-35)39(17-11-8-6-4-2)30-41(38)36-22-18-33(19-23-36)32-14-12-9-13-15-32/h9,12-15,18-31H,3-8,10-11,16-17H2,1-2H3. The van der Waals surface area contributed by atoms with E-state index in [1.54, 1.807) is 0 Å². The topological polar surface area (TPSA) is 0 Å². The summed E-state index contributed by atoms with van der Waals surface area (Å²) in [6, 6.07) is 42.9. The van der Waals surface area contributed by atoms with E-state index in [-0.39, 0.29) is 0 Å². The van der Waals surface area contributed by atoms with Crippen molar-refractivity contribution in [1.82, 2.24) is 0 Å². The van der Waals surface area contributed by atoms with Gasteiger partial charge in [-0.25, -0.2) is 0 Å². The highest BCUT2D eigenvalue weighted by Crippen LogP contribution is 2.36. The van der Waals surface area contributed by atoms with Crippen molar-refractivity contribution in [3.05, 3.63) is 131 Å². The van der Waals surface area contributed by atoms with Crippen molar-refractivity contribution >= 4 is 15.9 Å². The van der Waals surface area contributed by atoms with E-state index in [0.29, 0.717) is 0 Å². The minimum Gasteiger partial charge on any atom is -0.0654 e. The molecule has 0 aliphatic heterocycles. The lowest BCUT2D eigenvalue weighted by atomic mass is 9.86. The van der Waals surface area contributed by atoms with Gasteiger partial charge in [0, 0.05) is 4.47 Å². The summed E-state index contributed by atoms with van der Waals surface area (Å²) in [5, 5.41) is 0. The van der Waals surface area contributed by atoms with Crippen LogP contribution < -0.4 is 0 Å². The molecule has 1 heteroatoms. The van der Waals surface area contributed by atoms with E-state index in [2.05, 4.69) is 145 Å². The highest BCUT2D eigenvalue weighted by Gasteiger charge is 2.14. The molecule has 43 heavy (non-hydrogen) atoms. The minimum atomic E-state index is 1.11.